The molecule has 0 radical (unpaired) electrons. The van der Waals surface area contributed by atoms with Crippen LogP contribution in [0.5, 0.6) is 5.75 Å². The van der Waals surface area contributed by atoms with Crippen molar-refractivity contribution in [2.24, 2.45) is 0 Å². The van der Waals surface area contributed by atoms with E-state index in [2.05, 4.69) is 19.6 Å². The van der Waals surface area contributed by atoms with Crippen LogP contribution >= 0.6 is 11.5 Å². The zero-order chi connectivity index (χ0) is 20.9. The number of carbonyl (C=O) groups is 1. The quantitative estimate of drug-likeness (QED) is 0.496. The van der Waals surface area contributed by atoms with Crippen LogP contribution < -0.4 is 19.7 Å². The fourth-order valence-electron chi connectivity index (χ4n) is 3.21. The molecule has 1 saturated heterocycles. The Morgan fingerprint density at radius 1 is 1.23 bits per heavy atom. The molecule has 9 nitrogen and oxygen atoms in total. The topological polar surface area (TPSA) is 97.5 Å². The summed E-state index contributed by atoms with van der Waals surface area (Å²) in [5.41, 5.74) is 1.70. The Bertz CT molecular complexity index is 1000. The Labute approximate surface area is 178 Å². The fraction of sp³-hybridized carbons (Fsp3) is 0.300. The number of nitrogens with zero attached hydrogens (tertiary/aromatic N) is 5. The number of pyridine rings is 1. The van der Waals surface area contributed by atoms with Crippen LogP contribution in [0.3, 0.4) is 0 Å². The van der Waals surface area contributed by atoms with Gasteiger partial charge >= 0.3 is 6.03 Å². The number of aromatic nitrogens is 3. The molecule has 3 aromatic rings. The number of piperazine rings is 1. The number of ether oxygens (including phenoxy) is 1. The van der Waals surface area contributed by atoms with Gasteiger partial charge in [0.05, 0.1) is 12.8 Å². The molecule has 0 unspecified atom stereocenters. The van der Waals surface area contributed by atoms with E-state index < -0.39 is 0 Å². The van der Waals surface area contributed by atoms with Gasteiger partial charge < -0.3 is 25.1 Å². The van der Waals surface area contributed by atoms with Crippen LogP contribution in [0.25, 0.3) is 0 Å². The summed E-state index contributed by atoms with van der Waals surface area (Å²) in [6, 6.07) is 10.9. The first-order valence-electron chi connectivity index (χ1n) is 9.56. The minimum Gasteiger partial charge on any atom is -0.619 e. The van der Waals surface area contributed by atoms with E-state index in [1.807, 2.05) is 24.3 Å². The molecule has 1 aliphatic rings. The van der Waals surface area contributed by atoms with Crippen molar-refractivity contribution in [1.82, 2.24) is 14.3 Å². The first kappa shape index (κ1) is 19.9. The molecule has 10 heteroatoms. The molecule has 0 atom stereocenters. The summed E-state index contributed by atoms with van der Waals surface area (Å²) in [5.74, 6) is 1.60. The van der Waals surface area contributed by atoms with E-state index in [1.165, 1.54) is 23.9 Å². The first-order chi connectivity index (χ1) is 14.6. The Hall–Kier alpha value is -3.40. The van der Waals surface area contributed by atoms with Crippen LogP contribution in [0, 0.1) is 5.21 Å². The highest BCUT2D eigenvalue weighted by molar-refractivity contribution is 7.09. The van der Waals surface area contributed by atoms with E-state index in [-0.39, 0.29) is 6.03 Å². The van der Waals surface area contributed by atoms with Gasteiger partial charge in [0, 0.05) is 56.3 Å². The number of anilines is 2. The third-order valence-electron chi connectivity index (χ3n) is 4.84. The second-order valence-corrected chi connectivity index (χ2v) is 7.60. The standard InChI is InChI=1S/C20H22N6O3S/c1-29-17-4-2-3-15(13-17)14-18-22-20(30-23-18)25-11-9-24(10-12-25)19(27)21-16-5-7-26(28)8-6-16/h2-8,13H,9-12,14H2,1H3,(H,21,27). The van der Waals surface area contributed by atoms with Crippen molar-refractivity contribution in [3.05, 3.63) is 65.4 Å². The van der Waals surface area contributed by atoms with Crippen molar-refractivity contribution in [1.29, 1.82) is 0 Å². The Morgan fingerprint density at radius 2 is 2.00 bits per heavy atom. The second kappa shape index (κ2) is 8.95. The van der Waals surface area contributed by atoms with Crippen LogP contribution in [0.1, 0.15) is 11.4 Å². The summed E-state index contributed by atoms with van der Waals surface area (Å²) >= 11 is 1.38. The highest BCUT2D eigenvalue weighted by Crippen LogP contribution is 2.22. The van der Waals surface area contributed by atoms with Gasteiger partial charge in [0.1, 0.15) is 11.6 Å². The lowest BCUT2D eigenvalue weighted by Gasteiger charge is -2.34. The van der Waals surface area contributed by atoms with Gasteiger partial charge in [0.25, 0.3) is 0 Å². The Morgan fingerprint density at radius 3 is 2.73 bits per heavy atom. The van der Waals surface area contributed by atoms with E-state index in [9.17, 15) is 10.0 Å². The number of rotatable bonds is 5. The zero-order valence-electron chi connectivity index (χ0n) is 16.5. The lowest BCUT2D eigenvalue weighted by molar-refractivity contribution is -0.605. The maximum Gasteiger partial charge on any atom is 0.321 e. The molecule has 2 aromatic heterocycles. The molecule has 30 heavy (non-hydrogen) atoms. The number of carbonyl (C=O) groups excluding carboxylic acids is 1. The molecule has 0 saturated carbocycles. The van der Waals surface area contributed by atoms with Crippen molar-refractivity contribution >= 4 is 28.4 Å². The van der Waals surface area contributed by atoms with Gasteiger partial charge in [-0.1, -0.05) is 12.1 Å². The van der Waals surface area contributed by atoms with Gasteiger partial charge in [-0.3, -0.25) is 0 Å². The van der Waals surface area contributed by atoms with Crippen molar-refractivity contribution in [2.75, 3.05) is 43.5 Å². The number of benzene rings is 1. The summed E-state index contributed by atoms with van der Waals surface area (Å²) in [7, 11) is 1.65. The molecule has 1 aromatic carbocycles. The van der Waals surface area contributed by atoms with Gasteiger partial charge in [-0.25, -0.2) is 9.78 Å². The molecular formula is C20H22N6O3S. The van der Waals surface area contributed by atoms with E-state index in [0.717, 1.165) is 22.3 Å². The molecule has 156 valence electrons. The number of hydrogen-bond donors (Lipinski definition) is 1. The Balaban J connectivity index is 1.31. The normalized spacial score (nSPS) is 13.9. The van der Waals surface area contributed by atoms with E-state index >= 15 is 0 Å². The fourth-order valence-corrected chi connectivity index (χ4v) is 3.95. The SMILES string of the molecule is COc1cccc(Cc2nsc(N3CCN(C(=O)Nc4cc[n+]([O-])cc4)CC3)n2)c1. The number of hydrogen-bond acceptors (Lipinski definition) is 7. The predicted octanol–water partition coefficient (Wildman–Crippen LogP) is 2.12. The Kier molecular flexibility index (Phi) is 5.94. The summed E-state index contributed by atoms with van der Waals surface area (Å²) in [6.45, 7) is 2.56. The van der Waals surface area contributed by atoms with Gasteiger partial charge in [-0.2, -0.15) is 9.10 Å². The molecule has 4 rings (SSSR count). The van der Waals surface area contributed by atoms with Gasteiger partial charge in [0.15, 0.2) is 12.4 Å². The summed E-state index contributed by atoms with van der Waals surface area (Å²) in [4.78, 5) is 21.0. The van der Waals surface area contributed by atoms with E-state index in [0.29, 0.717) is 43.0 Å². The monoisotopic (exact) mass is 426 g/mol. The molecule has 0 bridgehead atoms. The third-order valence-corrected chi connectivity index (χ3v) is 5.66. The lowest BCUT2D eigenvalue weighted by atomic mass is 10.1. The van der Waals surface area contributed by atoms with Crippen LogP contribution in [-0.2, 0) is 6.42 Å². The summed E-state index contributed by atoms with van der Waals surface area (Å²) in [6.07, 6.45) is 3.36. The van der Waals surface area contributed by atoms with Crippen molar-refractivity contribution < 1.29 is 14.3 Å². The highest BCUT2D eigenvalue weighted by atomic mass is 32.1. The predicted molar refractivity (Wildman–Crippen MR) is 114 cm³/mol. The molecular weight excluding hydrogens is 404 g/mol. The van der Waals surface area contributed by atoms with Crippen LogP contribution in [0.4, 0.5) is 15.6 Å². The average Bonchev–Trinajstić information content (AvgIpc) is 3.24. The van der Waals surface area contributed by atoms with Crippen LogP contribution in [0.15, 0.2) is 48.8 Å². The molecule has 1 N–H and O–H groups in total. The maximum absolute atomic E-state index is 12.4. The summed E-state index contributed by atoms with van der Waals surface area (Å²) in [5, 5.41) is 14.8. The number of nitrogens with one attached hydrogen (secondary N) is 1. The van der Waals surface area contributed by atoms with Gasteiger partial charge in [0.2, 0.25) is 5.13 Å². The highest BCUT2D eigenvalue weighted by Gasteiger charge is 2.23. The maximum atomic E-state index is 12.4. The minimum atomic E-state index is -0.172. The average molecular weight is 427 g/mol. The number of urea groups is 1. The van der Waals surface area contributed by atoms with Crippen molar-refractivity contribution in [3.8, 4) is 5.75 Å². The molecule has 0 aliphatic carbocycles. The number of methoxy groups -OCH3 is 1. The van der Waals surface area contributed by atoms with Crippen LogP contribution in [-0.4, -0.2) is 53.6 Å². The van der Waals surface area contributed by atoms with Gasteiger partial charge in [-0.05, 0) is 17.7 Å². The summed E-state index contributed by atoms with van der Waals surface area (Å²) < 4.78 is 10.4. The second-order valence-electron chi connectivity index (χ2n) is 6.87. The molecule has 1 fully saturated rings. The van der Waals surface area contributed by atoms with Crippen LogP contribution in [0.2, 0.25) is 0 Å². The minimum absolute atomic E-state index is 0.172. The van der Waals surface area contributed by atoms with E-state index in [4.69, 9.17) is 4.74 Å². The first-order valence-corrected chi connectivity index (χ1v) is 10.3. The molecule has 0 spiro atoms. The third kappa shape index (κ3) is 4.77. The number of amides is 2. The van der Waals surface area contributed by atoms with Crippen molar-refractivity contribution in [2.45, 2.75) is 6.42 Å². The smallest absolute Gasteiger partial charge is 0.321 e. The van der Waals surface area contributed by atoms with Gasteiger partial charge in [-0.15, -0.1) is 0 Å². The van der Waals surface area contributed by atoms with Crippen molar-refractivity contribution in [3.63, 3.8) is 0 Å². The largest absolute Gasteiger partial charge is 0.619 e. The lowest BCUT2D eigenvalue weighted by Crippen LogP contribution is -2.50. The van der Waals surface area contributed by atoms with E-state index in [1.54, 1.807) is 24.1 Å². The molecule has 2 amide bonds. The molecule has 3 heterocycles. The zero-order valence-corrected chi connectivity index (χ0v) is 17.3. The molecule has 1 aliphatic heterocycles.